The summed E-state index contributed by atoms with van der Waals surface area (Å²) in [4.78, 5) is 4.36. The molecule has 346 valence electrons. The van der Waals surface area contributed by atoms with Crippen molar-refractivity contribution in [2.75, 3.05) is 9.80 Å². The van der Waals surface area contributed by atoms with Crippen molar-refractivity contribution < 1.29 is 17.6 Å². The fourth-order valence-corrected chi connectivity index (χ4v) is 10.3. The number of aryl methyl sites for hydroxylation is 2. The number of halogens is 4. The van der Waals surface area contributed by atoms with Gasteiger partial charge in [0, 0.05) is 55.8 Å². The van der Waals surface area contributed by atoms with Gasteiger partial charge in [-0.3, -0.25) is 0 Å². The molecule has 0 aliphatic rings. The molecule has 12 aromatic rings. The third kappa shape index (κ3) is 7.87. The van der Waals surface area contributed by atoms with Gasteiger partial charge in [0.25, 0.3) is 0 Å². The van der Waals surface area contributed by atoms with E-state index >= 15 is 17.6 Å². The first-order valence-corrected chi connectivity index (χ1v) is 23.9. The minimum absolute atomic E-state index is 0.378. The molecule has 0 aliphatic heterocycles. The Balaban J connectivity index is 1.11. The second-order valence-electron chi connectivity index (χ2n) is 18.4. The van der Waals surface area contributed by atoms with Crippen LogP contribution < -0.4 is 9.80 Å². The fraction of sp³-hybridized carbons (Fsp3) is 0.0303. The Morgan fingerprint density at radius 2 is 0.569 bits per heavy atom. The summed E-state index contributed by atoms with van der Waals surface area (Å²) in [6.07, 6.45) is 0. The Morgan fingerprint density at radius 3 is 0.875 bits per heavy atom. The minimum Gasteiger partial charge on any atom is -0.310 e. The first-order chi connectivity index (χ1) is 35.2. The summed E-state index contributed by atoms with van der Waals surface area (Å²) in [6.45, 7) is 4.10. The van der Waals surface area contributed by atoms with Crippen LogP contribution in [0.4, 0.5) is 51.7 Å². The van der Waals surface area contributed by atoms with Gasteiger partial charge in [-0.15, -0.1) is 0 Å². The molecule has 0 bridgehead atoms. The van der Waals surface area contributed by atoms with E-state index in [9.17, 15) is 0 Å². The number of anilines is 6. The smallest absolute Gasteiger partial charge is 0.131 e. The molecule has 0 unspecified atom stereocenters. The number of rotatable bonds is 10. The second-order valence-corrected chi connectivity index (χ2v) is 18.4. The van der Waals surface area contributed by atoms with Crippen molar-refractivity contribution in [2.45, 2.75) is 13.8 Å². The maximum atomic E-state index is 15.8. The van der Waals surface area contributed by atoms with Crippen molar-refractivity contribution in [1.29, 1.82) is 0 Å². The van der Waals surface area contributed by atoms with Gasteiger partial charge in [-0.25, -0.2) is 17.6 Å². The molecule has 6 heteroatoms. The lowest BCUT2D eigenvalue weighted by molar-refractivity contribution is 0.630. The average Bonchev–Trinajstić information content (AvgIpc) is 3.40. The molecule has 2 nitrogen and oxygen atoms in total. The summed E-state index contributed by atoms with van der Waals surface area (Å²) >= 11 is 0. The van der Waals surface area contributed by atoms with Gasteiger partial charge in [0.2, 0.25) is 0 Å². The minimum atomic E-state index is -0.378. The van der Waals surface area contributed by atoms with Crippen LogP contribution in [0.2, 0.25) is 0 Å². The van der Waals surface area contributed by atoms with Gasteiger partial charge in [0.05, 0.1) is 11.4 Å². The number of hydrogen-bond acceptors (Lipinski definition) is 2. The third-order valence-electron chi connectivity index (χ3n) is 13.8. The van der Waals surface area contributed by atoms with Crippen molar-refractivity contribution in [3.8, 4) is 44.5 Å². The van der Waals surface area contributed by atoms with Crippen molar-refractivity contribution in [1.82, 2.24) is 0 Å². The van der Waals surface area contributed by atoms with Crippen molar-refractivity contribution in [3.05, 3.63) is 265 Å². The Hall–Kier alpha value is -9.00. The van der Waals surface area contributed by atoms with Crippen LogP contribution in [0, 0.1) is 37.1 Å². The first kappa shape index (κ1) is 44.2. The van der Waals surface area contributed by atoms with E-state index in [1.807, 2.05) is 74.5 Å². The van der Waals surface area contributed by atoms with Crippen molar-refractivity contribution in [2.24, 2.45) is 0 Å². The van der Waals surface area contributed by atoms with Crippen molar-refractivity contribution in [3.63, 3.8) is 0 Å². The number of hydrogen-bond donors (Lipinski definition) is 0. The lowest BCUT2D eigenvalue weighted by atomic mass is 9.91. The van der Waals surface area contributed by atoms with Crippen LogP contribution >= 0.6 is 0 Å². The summed E-state index contributed by atoms with van der Waals surface area (Å²) < 4.78 is 63.1. The van der Waals surface area contributed by atoms with Gasteiger partial charge in [-0.2, -0.15) is 0 Å². The zero-order valence-corrected chi connectivity index (χ0v) is 39.3. The van der Waals surface area contributed by atoms with Gasteiger partial charge < -0.3 is 9.80 Å². The van der Waals surface area contributed by atoms with Crippen molar-refractivity contribution >= 4 is 66.4 Å². The number of benzene rings is 12. The molecule has 0 amide bonds. The van der Waals surface area contributed by atoms with E-state index < -0.39 is 0 Å². The van der Waals surface area contributed by atoms with Crippen LogP contribution in [0.1, 0.15) is 11.1 Å². The Bertz CT molecular complexity index is 3620. The maximum absolute atomic E-state index is 15.8. The van der Waals surface area contributed by atoms with Gasteiger partial charge in [0.1, 0.15) is 23.3 Å². The molecule has 0 spiro atoms. The predicted molar refractivity (Wildman–Crippen MR) is 291 cm³/mol. The molecule has 12 aromatic carbocycles. The van der Waals surface area contributed by atoms with E-state index in [-0.39, 0.29) is 23.3 Å². The molecule has 0 N–H and O–H groups in total. The van der Waals surface area contributed by atoms with Crippen LogP contribution in [0.3, 0.4) is 0 Å². The molecule has 0 atom stereocenters. The van der Waals surface area contributed by atoms with Gasteiger partial charge in [-0.1, -0.05) is 145 Å². The molecule has 0 saturated carbocycles. The zero-order chi connectivity index (χ0) is 49.0. The number of nitrogens with zero attached hydrogens (tertiary/aromatic N) is 2. The molecular formula is C66H44F4N2. The molecule has 12 rings (SSSR count). The molecular weight excluding hydrogens is 897 g/mol. The Labute approximate surface area is 415 Å². The van der Waals surface area contributed by atoms with E-state index in [0.717, 1.165) is 77.6 Å². The molecule has 0 aromatic heterocycles. The van der Waals surface area contributed by atoms with Crippen LogP contribution in [0.25, 0.3) is 76.8 Å². The van der Waals surface area contributed by atoms with Crippen LogP contribution in [-0.2, 0) is 0 Å². The van der Waals surface area contributed by atoms with E-state index in [4.69, 9.17) is 0 Å². The quantitative estimate of drug-likeness (QED) is 0.0996. The monoisotopic (exact) mass is 940 g/mol. The van der Waals surface area contributed by atoms with Gasteiger partial charge in [-0.05, 0) is 155 Å². The first-order valence-electron chi connectivity index (χ1n) is 23.9. The van der Waals surface area contributed by atoms with Crippen LogP contribution in [0.15, 0.2) is 231 Å². The molecule has 0 fully saturated rings. The van der Waals surface area contributed by atoms with Crippen LogP contribution in [-0.4, -0.2) is 0 Å². The zero-order valence-electron chi connectivity index (χ0n) is 39.3. The fourth-order valence-electron chi connectivity index (χ4n) is 10.3. The van der Waals surface area contributed by atoms with E-state index in [1.54, 1.807) is 48.5 Å². The maximum Gasteiger partial charge on any atom is 0.131 e. The molecule has 72 heavy (non-hydrogen) atoms. The highest BCUT2D eigenvalue weighted by Crippen LogP contribution is 2.49. The highest BCUT2D eigenvalue weighted by Gasteiger charge is 2.25. The Kier molecular flexibility index (Phi) is 11.1. The van der Waals surface area contributed by atoms with Crippen LogP contribution in [0.5, 0.6) is 0 Å². The molecule has 0 heterocycles. The summed E-state index contributed by atoms with van der Waals surface area (Å²) in [5.74, 6) is -1.51. The third-order valence-corrected chi connectivity index (χ3v) is 13.8. The lowest BCUT2D eigenvalue weighted by Crippen LogP contribution is -2.12. The van der Waals surface area contributed by atoms with Gasteiger partial charge in [0.15, 0.2) is 0 Å². The summed E-state index contributed by atoms with van der Waals surface area (Å²) in [6, 6.07) is 72.0. The average molecular weight is 941 g/mol. The SMILES string of the molecule is Cc1ccc(N(c2cc(-c3ccccc3F)cc(-c3ccccc3F)c2)c2ccc3ccc4c(N(c5ccc(C)cc5)c5cc(-c6ccccc6F)cc(-c6ccccc6F)c5)ccc5ccc2c3c54)cc1. The molecule has 0 radical (unpaired) electrons. The summed E-state index contributed by atoms with van der Waals surface area (Å²) in [5.41, 5.74) is 11.2. The van der Waals surface area contributed by atoms with Gasteiger partial charge >= 0.3 is 0 Å². The van der Waals surface area contributed by atoms with E-state index in [0.29, 0.717) is 44.5 Å². The van der Waals surface area contributed by atoms with E-state index in [1.165, 1.54) is 24.3 Å². The predicted octanol–water partition coefficient (Wildman–Crippen LogP) is 19.4. The normalized spacial score (nSPS) is 11.5. The lowest BCUT2D eigenvalue weighted by Gasteiger charge is -2.30. The Morgan fingerprint density at radius 1 is 0.278 bits per heavy atom. The second kappa shape index (κ2) is 18.1. The van der Waals surface area contributed by atoms with E-state index in [2.05, 4.69) is 107 Å². The largest absolute Gasteiger partial charge is 0.310 e. The molecule has 0 aliphatic carbocycles. The molecule has 0 saturated heterocycles. The summed E-state index contributed by atoms with van der Waals surface area (Å²) in [7, 11) is 0. The topological polar surface area (TPSA) is 6.48 Å². The highest BCUT2D eigenvalue weighted by molar-refractivity contribution is 6.28. The summed E-state index contributed by atoms with van der Waals surface area (Å²) in [5, 5.41) is 6.08. The standard InChI is InChI=1S/C66H44F4N2/c1-41-19-27-49(28-20-41)71(51-37-45(53-11-3-7-15-59(53)67)35-46(38-51)54-12-4-8-16-60(54)68)63-33-25-43-24-32-58-64(34-26-44-23-31-57(63)65(43)66(44)58)72(50-29-21-42(2)22-30-50)52-39-47(55-13-5-9-17-61(55)69)36-48(40-52)56-14-6-10-18-62(56)70/h3-40H,1-2H3. The highest BCUT2D eigenvalue weighted by atomic mass is 19.1.